The molecule has 0 bridgehead atoms. The van der Waals surface area contributed by atoms with Gasteiger partial charge in [0.05, 0.1) is 37.5 Å². The summed E-state index contributed by atoms with van der Waals surface area (Å²) in [6.07, 6.45) is 0. The fourth-order valence-electron chi connectivity index (χ4n) is 1.81. The van der Waals surface area contributed by atoms with Gasteiger partial charge in [0.1, 0.15) is 17.0 Å². The molecule has 0 saturated heterocycles. The monoisotopic (exact) mass is 339 g/mol. The van der Waals surface area contributed by atoms with E-state index in [1.54, 1.807) is 19.1 Å². The van der Waals surface area contributed by atoms with E-state index in [1.165, 1.54) is 14.2 Å². The lowest BCUT2D eigenvalue weighted by Gasteiger charge is -2.27. The Morgan fingerprint density at radius 3 is 2.43 bits per heavy atom. The maximum absolute atomic E-state index is 12.1. The molecule has 23 heavy (non-hydrogen) atoms. The zero-order chi connectivity index (χ0) is 17.6. The first-order valence-electron chi connectivity index (χ1n) is 7.15. The van der Waals surface area contributed by atoms with E-state index in [0.29, 0.717) is 22.2 Å². The number of nitriles is 1. The van der Waals surface area contributed by atoms with Gasteiger partial charge >= 0.3 is 0 Å². The third-order valence-corrected chi connectivity index (χ3v) is 3.99. The van der Waals surface area contributed by atoms with Crippen molar-refractivity contribution in [2.75, 3.05) is 26.1 Å². The van der Waals surface area contributed by atoms with E-state index in [2.05, 4.69) is 16.7 Å². The Bertz CT molecular complexity index is 613. The van der Waals surface area contributed by atoms with Crippen molar-refractivity contribution < 1.29 is 14.3 Å². The first-order valence-corrected chi connectivity index (χ1v) is 7.52. The molecular formula is C16H22ClN3O3. The van der Waals surface area contributed by atoms with Gasteiger partial charge in [-0.15, -0.1) is 0 Å². The second-order valence-corrected chi connectivity index (χ2v) is 5.96. The molecule has 0 saturated carbocycles. The summed E-state index contributed by atoms with van der Waals surface area (Å²) in [5, 5.41) is 15.3. The van der Waals surface area contributed by atoms with Crippen LogP contribution in [0.15, 0.2) is 12.1 Å². The van der Waals surface area contributed by atoms with E-state index in [1.807, 2.05) is 13.8 Å². The molecule has 0 fully saturated rings. The molecule has 2 N–H and O–H groups in total. The lowest BCUT2D eigenvalue weighted by Crippen LogP contribution is -2.50. The molecule has 0 aliphatic rings. The van der Waals surface area contributed by atoms with Crippen LogP contribution in [0.25, 0.3) is 0 Å². The van der Waals surface area contributed by atoms with Gasteiger partial charge in [-0.1, -0.05) is 25.4 Å². The van der Waals surface area contributed by atoms with E-state index in [4.69, 9.17) is 21.1 Å². The molecule has 1 amide bonds. The van der Waals surface area contributed by atoms with E-state index in [9.17, 15) is 10.1 Å². The number of hydrogen-bond acceptors (Lipinski definition) is 5. The van der Waals surface area contributed by atoms with Gasteiger partial charge in [-0.05, 0) is 12.8 Å². The molecule has 0 radical (unpaired) electrons. The van der Waals surface area contributed by atoms with Gasteiger partial charge < -0.3 is 20.1 Å². The zero-order valence-corrected chi connectivity index (χ0v) is 14.7. The maximum atomic E-state index is 12.1. The van der Waals surface area contributed by atoms with Crippen molar-refractivity contribution in [3.05, 3.63) is 17.2 Å². The Morgan fingerprint density at radius 1 is 1.35 bits per heavy atom. The quantitative estimate of drug-likeness (QED) is 0.798. The van der Waals surface area contributed by atoms with Crippen molar-refractivity contribution in [3.63, 3.8) is 0 Å². The normalized spacial score (nSPS) is 13.0. The molecule has 7 heteroatoms. The van der Waals surface area contributed by atoms with Crippen molar-refractivity contribution in [1.29, 1.82) is 5.26 Å². The molecule has 0 aliphatic carbocycles. The third kappa shape index (κ3) is 4.67. The zero-order valence-electron chi connectivity index (χ0n) is 14.0. The average Bonchev–Trinajstić information content (AvgIpc) is 2.52. The topological polar surface area (TPSA) is 83.4 Å². The number of carbonyl (C=O) groups excluding carboxylic acids is 1. The number of anilines is 1. The maximum Gasteiger partial charge on any atom is 0.240 e. The van der Waals surface area contributed by atoms with Gasteiger partial charge in [0, 0.05) is 12.1 Å². The molecule has 1 rings (SSSR count). The van der Waals surface area contributed by atoms with Crippen molar-refractivity contribution in [2.45, 2.75) is 26.3 Å². The predicted molar refractivity (Wildman–Crippen MR) is 90.0 cm³/mol. The first-order chi connectivity index (χ1) is 10.8. The second-order valence-electron chi connectivity index (χ2n) is 5.56. The van der Waals surface area contributed by atoms with Gasteiger partial charge in [0.15, 0.2) is 0 Å². The van der Waals surface area contributed by atoms with Crippen molar-refractivity contribution in [1.82, 2.24) is 5.32 Å². The van der Waals surface area contributed by atoms with Gasteiger partial charge in [0.2, 0.25) is 5.91 Å². The van der Waals surface area contributed by atoms with Gasteiger partial charge in [-0.25, -0.2) is 0 Å². The Morgan fingerprint density at radius 2 is 1.96 bits per heavy atom. The Hall–Kier alpha value is -2.13. The number of hydrogen-bond donors (Lipinski definition) is 2. The molecule has 0 aromatic heterocycles. The lowest BCUT2D eigenvalue weighted by molar-refractivity contribution is -0.121. The van der Waals surface area contributed by atoms with Crippen LogP contribution in [-0.4, -0.2) is 32.2 Å². The minimum absolute atomic E-state index is 0.00879. The summed E-state index contributed by atoms with van der Waals surface area (Å²) in [4.78, 5) is 12.1. The summed E-state index contributed by atoms with van der Waals surface area (Å²) >= 11 is 6.04. The summed E-state index contributed by atoms with van der Waals surface area (Å²) in [6.45, 7) is 5.45. The molecule has 0 heterocycles. The predicted octanol–water partition coefficient (Wildman–Crippen LogP) is 2.82. The van der Waals surface area contributed by atoms with E-state index in [-0.39, 0.29) is 18.4 Å². The molecule has 126 valence electrons. The highest BCUT2D eigenvalue weighted by molar-refractivity contribution is 6.32. The Balaban J connectivity index is 2.82. The van der Waals surface area contributed by atoms with Crippen LogP contribution in [0.1, 0.15) is 20.8 Å². The molecule has 0 unspecified atom stereocenters. The van der Waals surface area contributed by atoms with Crippen LogP contribution in [0.4, 0.5) is 5.69 Å². The van der Waals surface area contributed by atoms with E-state index in [0.717, 1.165) is 0 Å². The number of halogens is 1. The lowest BCUT2D eigenvalue weighted by atomic mass is 9.90. The summed E-state index contributed by atoms with van der Waals surface area (Å²) in [5.74, 6) is 0.662. The number of methoxy groups -OCH3 is 2. The summed E-state index contributed by atoms with van der Waals surface area (Å²) in [6, 6.07) is 5.39. The SMILES string of the molecule is COc1cc(NCC(=O)N[C@@](C)(C#N)C(C)C)c(OC)cc1Cl. The van der Waals surface area contributed by atoms with Crippen LogP contribution in [0, 0.1) is 17.2 Å². The number of rotatable bonds is 7. The van der Waals surface area contributed by atoms with Gasteiger partial charge in [-0.2, -0.15) is 5.26 Å². The van der Waals surface area contributed by atoms with E-state index < -0.39 is 5.54 Å². The molecular weight excluding hydrogens is 318 g/mol. The minimum atomic E-state index is -0.916. The van der Waals surface area contributed by atoms with Crippen LogP contribution < -0.4 is 20.1 Å². The van der Waals surface area contributed by atoms with Crippen molar-refractivity contribution in [2.24, 2.45) is 5.92 Å². The largest absolute Gasteiger partial charge is 0.495 e. The summed E-state index contributed by atoms with van der Waals surface area (Å²) in [7, 11) is 3.01. The Labute approximate surface area is 141 Å². The first kappa shape index (κ1) is 18.9. The van der Waals surface area contributed by atoms with Crippen LogP contribution in [0.2, 0.25) is 5.02 Å². The van der Waals surface area contributed by atoms with Crippen molar-refractivity contribution >= 4 is 23.2 Å². The standard InChI is InChI=1S/C16H22ClN3O3/c1-10(2)16(3,9-18)20-15(21)8-19-12-7-13(22-4)11(17)6-14(12)23-5/h6-7,10,19H,8H2,1-5H3,(H,20,21)/t16-/m0/s1. The number of ether oxygens (including phenoxy) is 2. The number of carbonyl (C=O) groups is 1. The fourth-order valence-corrected chi connectivity index (χ4v) is 2.04. The molecule has 0 spiro atoms. The number of benzene rings is 1. The number of nitrogens with one attached hydrogen (secondary N) is 2. The molecule has 6 nitrogen and oxygen atoms in total. The third-order valence-electron chi connectivity index (χ3n) is 3.70. The average molecular weight is 340 g/mol. The van der Waals surface area contributed by atoms with Crippen LogP contribution in [-0.2, 0) is 4.79 Å². The molecule has 0 aliphatic heterocycles. The van der Waals surface area contributed by atoms with Crippen molar-refractivity contribution in [3.8, 4) is 17.6 Å². The summed E-state index contributed by atoms with van der Waals surface area (Å²) in [5.41, 5.74) is -0.340. The van der Waals surface area contributed by atoms with Gasteiger partial charge in [0.25, 0.3) is 0 Å². The number of amides is 1. The van der Waals surface area contributed by atoms with E-state index >= 15 is 0 Å². The molecule has 1 aromatic rings. The minimum Gasteiger partial charge on any atom is -0.495 e. The van der Waals surface area contributed by atoms with Crippen LogP contribution >= 0.6 is 11.6 Å². The highest BCUT2D eigenvalue weighted by atomic mass is 35.5. The number of nitrogens with zero attached hydrogens (tertiary/aromatic N) is 1. The summed E-state index contributed by atoms with van der Waals surface area (Å²) < 4.78 is 10.4. The highest BCUT2D eigenvalue weighted by Crippen LogP contribution is 2.35. The fraction of sp³-hybridized carbons (Fsp3) is 0.500. The highest BCUT2D eigenvalue weighted by Gasteiger charge is 2.29. The second kappa shape index (κ2) is 7.93. The Kier molecular flexibility index (Phi) is 6.52. The van der Waals surface area contributed by atoms with Gasteiger partial charge in [-0.3, -0.25) is 4.79 Å². The molecule has 1 atom stereocenters. The van der Waals surface area contributed by atoms with Crippen LogP contribution in [0.3, 0.4) is 0 Å². The van der Waals surface area contributed by atoms with Crippen LogP contribution in [0.5, 0.6) is 11.5 Å². The smallest absolute Gasteiger partial charge is 0.240 e. The molecule has 1 aromatic carbocycles.